The predicted octanol–water partition coefficient (Wildman–Crippen LogP) is 5.37. The largest absolute Gasteiger partial charge is 0.508 e. The summed E-state index contributed by atoms with van der Waals surface area (Å²) >= 11 is 0. The second-order valence-corrected chi connectivity index (χ2v) is 9.36. The van der Waals surface area contributed by atoms with E-state index in [1.54, 1.807) is 26.0 Å². The molecule has 0 saturated heterocycles. The van der Waals surface area contributed by atoms with Gasteiger partial charge in [0.2, 0.25) is 0 Å². The fourth-order valence-electron chi connectivity index (χ4n) is 3.51. The van der Waals surface area contributed by atoms with Gasteiger partial charge in [0.05, 0.1) is 5.41 Å². The van der Waals surface area contributed by atoms with Gasteiger partial charge < -0.3 is 20.1 Å². The van der Waals surface area contributed by atoms with E-state index in [2.05, 4.69) is 0 Å². The van der Waals surface area contributed by atoms with Crippen molar-refractivity contribution in [1.29, 1.82) is 0 Å². The van der Waals surface area contributed by atoms with Crippen molar-refractivity contribution < 1.29 is 29.6 Å². The van der Waals surface area contributed by atoms with Crippen molar-refractivity contribution in [3.8, 4) is 11.5 Å². The molecular formula is C24H38O6. The van der Waals surface area contributed by atoms with Crippen molar-refractivity contribution in [1.82, 2.24) is 0 Å². The third kappa shape index (κ3) is 8.64. The van der Waals surface area contributed by atoms with E-state index in [4.69, 9.17) is 9.84 Å². The van der Waals surface area contributed by atoms with Crippen LogP contribution in [0, 0.1) is 5.41 Å². The van der Waals surface area contributed by atoms with Crippen LogP contribution in [0.2, 0.25) is 0 Å². The monoisotopic (exact) mass is 422 g/mol. The van der Waals surface area contributed by atoms with Crippen molar-refractivity contribution in [2.24, 2.45) is 5.41 Å². The second kappa shape index (κ2) is 11.8. The SMILES string of the molecule is CC(C)(CCCCCc1c(O)ccc(CCCCCC(C)(C)C(=O)O)c1O)OC=O. The van der Waals surface area contributed by atoms with Gasteiger partial charge in [0, 0.05) is 5.56 Å². The molecule has 30 heavy (non-hydrogen) atoms. The van der Waals surface area contributed by atoms with Gasteiger partial charge in [-0.2, -0.15) is 0 Å². The van der Waals surface area contributed by atoms with Gasteiger partial charge in [-0.25, -0.2) is 0 Å². The van der Waals surface area contributed by atoms with Gasteiger partial charge in [-0.3, -0.25) is 9.59 Å². The molecule has 6 heteroatoms. The van der Waals surface area contributed by atoms with Gasteiger partial charge in [0.1, 0.15) is 17.1 Å². The van der Waals surface area contributed by atoms with Gasteiger partial charge in [-0.1, -0.05) is 25.3 Å². The number of aryl methyl sites for hydroxylation is 1. The average molecular weight is 423 g/mol. The molecular weight excluding hydrogens is 384 g/mol. The number of ether oxygens (including phenoxy) is 1. The van der Waals surface area contributed by atoms with Crippen LogP contribution in [0.25, 0.3) is 0 Å². The first kappa shape index (κ1) is 25.8. The molecule has 0 spiro atoms. The molecule has 170 valence electrons. The Balaban J connectivity index is 2.47. The van der Waals surface area contributed by atoms with E-state index in [1.807, 2.05) is 13.8 Å². The van der Waals surface area contributed by atoms with Crippen LogP contribution in [0.1, 0.15) is 90.2 Å². The standard InChI is InChI=1S/C24H38O6/c1-23(2,22(28)29)15-9-5-7-11-18-13-14-20(26)19(21(18)27)12-8-6-10-16-24(3,4)30-17-25/h13-14,17,26-27H,5-12,15-16H2,1-4H3,(H,28,29). The van der Waals surface area contributed by atoms with E-state index in [0.29, 0.717) is 31.3 Å². The van der Waals surface area contributed by atoms with E-state index in [9.17, 15) is 19.8 Å². The highest BCUT2D eigenvalue weighted by Crippen LogP contribution is 2.33. The van der Waals surface area contributed by atoms with Crippen LogP contribution in [-0.4, -0.2) is 33.4 Å². The molecule has 0 aromatic heterocycles. The maximum absolute atomic E-state index is 11.1. The summed E-state index contributed by atoms with van der Waals surface area (Å²) in [4.78, 5) is 21.6. The summed E-state index contributed by atoms with van der Waals surface area (Å²) < 4.78 is 5.04. The first-order valence-corrected chi connectivity index (χ1v) is 10.9. The molecule has 0 unspecified atom stereocenters. The molecule has 0 radical (unpaired) electrons. The number of benzene rings is 1. The quantitative estimate of drug-likeness (QED) is 0.259. The summed E-state index contributed by atoms with van der Waals surface area (Å²) in [5.41, 5.74) is 0.234. The lowest BCUT2D eigenvalue weighted by Crippen LogP contribution is -2.23. The number of phenols is 2. The second-order valence-electron chi connectivity index (χ2n) is 9.36. The van der Waals surface area contributed by atoms with Crippen molar-refractivity contribution in [3.63, 3.8) is 0 Å². The van der Waals surface area contributed by atoms with Crippen molar-refractivity contribution >= 4 is 12.4 Å². The van der Waals surface area contributed by atoms with Gasteiger partial charge in [0.25, 0.3) is 6.47 Å². The third-order valence-electron chi connectivity index (χ3n) is 5.74. The van der Waals surface area contributed by atoms with Crippen molar-refractivity contribution in [2.45, 2.75) is 97.5 Å². The average Bonchev–Trinajstić information content (AvgIpc) is 2.64. The van der Waals surface area contributed by atoms with E-state index < -0.39 is 17.0 Å². The number of rotatable bonds is 15. The zero-order valence-corrected chi connectivity index (χ0v) is 18.9. The van der Waals surface area contributed by atoms with Gasteiger partial charge >= 0.3 is 5.97 Å². The number of unbranched alkanes of at least 4 members (excludes halogenated alkanes) is 4. The Bertz CT molecular complexity index is 693. The minimum Gasteiger partial charge on any atom is -0.508 e. The molecule has 0 fully saturated rings. The molecule has 0 atom stereocenters. The Hall–Kier alpha value is -2.24. The van der Waals surface area contributed by atoms with Crippen molar-refractivity contribution in [3.05, 3.63) is 23.3 Å². The lowest BCUT2D eigenvalue weighted by Gasteiger charge is -2.22. The molecule has 0 aliphatic rings. The maximum atomic E-state index is 11.1. The van der Waals surface area contributed by atoms with Crippen LogP contribution in [-0.2, 0) is 27.2 Å². The summed E-state index contributed by atoms with van der Waals surface area (Å²) in [6.45, 7) is 7.72. The Labute approximate surface area is 180 Å². The molecule has 3 N–H and O–H groups in total. The third-order valence-corrected chi connectivity index (χ3v) is 5.74. The molecule has 6 nitrogen and oxygen atoms in total. The molecule has 1 aromatic carbocycles. The summed E-state index contributed by atoms with van der Waals surface area (Å²) in [6.07, 6.45) is 7.90. The molecule has 0 aliphatic heterocycles. The summed E-state index contributed by atoms with van der Waals surface area (Å²) in [5, 5.41) is 29.9. The zero-order valence-electron chi connectivity index (χ0n) is 18.9. The van der Waals surface area contributed by atoms with Gasteiger partial charge in [-0.15, -0.1) is 0 Å². The first-order valence-electron chi connectivity index (χ1n) is 10.9. The fourth-order valence-corrected chi connectivity index (χ4v) is 3.51. The molecule has 0 saturated carbocycles. The summed E-state index contributed by atoms with van der Waals surface area (Å²) in [5.74, 6) is -0.488. The molecule has 0 amide bonds. The normalized spacial score (nSPS) is 12.0. The minimum absolute atomic E-state index is 0.115. The molecule has 1 aromatic rings. The molecule has 0 bridgehead atoms. The predicted molar refractivity (Wildman–Crippen MR) is 117 cm³/mol. The van der Waals surface area contributed by atoms with E-state index in [-0.39, 0.29) is 11.5 Å². The number of carbonyl (C=O) groups excluding carboxylic acids is 1. The topological polar surface area (TPSA) is 104 Å². The number of aromatic hydroxyl groups is 2. The van der Waals surface area contributed by atoms with Crippen molar-refractivity contribution in [2.75, 3.05) is 0 Å². The number of phenolic OH excluding ortho intramolecular Hbond substituents is 2. The number of carboxylic acids is 1. The Morgan fingerprint density at radius 3 is 2.13 bits per heavy atom. The first-order chi connectivity index (χ1) is 14.0. The number of carboxylic acid groups (broad SMARTS) is 1. The summed E-state index contributed by atoms with van der Waals surface area (Å²) in [6, 6.07) is 3.40. The number of aliphatic carboxylic acids is 1. The number of hydrogen-bond donors (Lipinski definition) is 3. The Morgan fingerprint density at radius 1 is 0.933 bits per heavy atom. The van der Waals surface area contributed by atoms with E-state index in [0.717, 1.165) is 50.5 Å². The van der Waals surface area contributed by atoms with Gasteiger partial charge in [0.15, 0.2) is 0 Å². The molecule has 1 rings (SSSR count). The summed E-state index contributed by atoms with van der Waals surface area (Å²) in [7, 11) is 0. The number of hydrogen-bond acceptors (Lipinski definition) is 5. The van der Waals surface area contributed by atoms with Crippen LogP contribution in [0.5, 0.6) is 11.5 Å². The van der Waals surface area contributed by atoms with E-state index in [1.165, 1.54) is 0 Å². The molecule has 0 heterocycles. The maximum Gasteiger partial charge on any atom is 0.309 e. The zero-order chi connectivity index (χ0) is 22.8. The lowest BCUT2D eigenvalue weighted by atomic mass is 9.87. The molecule has 0 aliphatic carbocycles. The lowest BCUT2D eigenvalue weighted by molar-refractivity contribution is -0.147. The van der Waals surface area contributed by atoms with Crippen LogP contribution in [0.3, 0.4) is 0 Å². The van der Waals surface area contributed by atoms with Crippen LogP contribution >= 0.6 is 0 Å². The van der Waals surface area contributed by atoms with E-state index >= 15 is 0 Å². The van der Waals surface area contributed by atoms with Crippen LogP contribution in [0.15, 0.2) is 12.1 Å². The number of carbonyl (C=O) groups is 2. The van der Waals surface area contributed by atoms with Gasteiger partial charge in [-0.05, 0) is 84.3 Å². The fraction of sp³-hybridized carbons (Fsp3) is 0.667. The van der Waals surface area contributed by atoms with Crippen LogP contribution in [0.4, 0.5) is 0 Å². The Kier molecular flexibility index (Phi) is 10.2. The highest BCUT2D eigenvalue weighted by atomic mass is 16.5. The highest BCUT2D eigenvalue weighted by molar-refractivity contribution is 5.73. The smallest absolute Gasteiger partial charge is 0.309 e. The minimum atomic E-state index is -0.775. The Morgan fingerprint density at radius 2 is 1.53 bits per heavy atom. The highest BCUT2D eigenvalue weighted by Gasteiger charge is 2.26. The van der Waals surface area contributed by atoms with Crippen LogP contribution < -0.4 is 0 Å².